The van der Waals surface area contributed by atoms with Crippen molar-refractivity contribution in [2.45, 2.75) is 20.8 Å². The van der Waals surface area contributed by atoms with Crippen molar-refractivity contribution in [2.75, 3.05) is 20.8 Å². The molecular weight excluding hydrogens is 424 g/mol. The minimum Gasteiger partial charge on any atom is -0.496 e. The molecule has 0 unspecified atom stereocenters. The van der Waals surface area contributed by atoms with E-state index in [2.05, 4.69) is 0 Å². The molecule has 0 aliphatic rings. The Kier molecular flexibility index (Phi) is 5.96. The highest BCUT2D eigenvalue weighted by Gasteiger charge is 2.17. The number of fused-ring (bicyclic) bond motifs is 1. The Morgan fingerprint density at radius 3 is 2.15 bits per heavy atom. The number of ether oxygens (including phenoxy) is 3. The fraction of sp³-hybridized carbons (Fsp3) is 0.231. The third-order valence-electron chi connectivity index (χ3n) is 5.42. The standard InChI is InChI=1S/C26H24O7/c1-14-6-8-21(32-14)20(28)13-31-22-9-7-17(11-23(22)29-4)18-10-19(27)25-15(2)33-16(3)26(25)24(12-18)30-5/h6-12H,13H2,1-5H3. The summed E-state index contributed by atoms with van der Waals surface area (Å²) in [6.45, 7) is 5.14. The van der Waals surface area contributed by atoms with Gasteiger partial charge in [0.05, 0.1) is 25.0 Å². The van der Waals surface area contributed by atoms with Crippen molar-refractivity contribution in [3.8, 4) is 28.4 Å². The van der Waals surface area contributed by atoms with Gasteiger partial charge in [0.2, 0.25) is 5.78 Å². The van der Waals surface area contributed by atoms with Gasteiger partial charge in [-0.05, 0) is 68.3 Å². The molecule has 0 atom stereocenters. The van der Waals surface area contributed by atoms with Crippen LogP contribution < -0.4 is 19.6 Å². The number of hydrogen-bond acceptors (Lipinski definition) is 7. The molecule has 0 amide bonds. The second-order valence-electron chi connectivity index (χ2n) is 7.63. The largest absolute Gasteiger partial charge is 0.496 e. The molecule has 0 fully saturated rings. The zero-order valence-corrected chi connectivity index (χ0v) is 19.1. The van der Waals surface area contributed by atoms with Gasteiger partial charge in [0.15, 0.2) is 29.3 Å². The van der Waals surface area contributed by atoms with Crippen LogP contribution in [0.3, 0.4) is 0 Å². The molecule has 33 heavy (non-hydrogen) atoms. The van der Waals surface area contributed by atoms with Gasteiger partial charge in [-0.1, -0.05) is 6.07 Å². The van der Waals surface area contributed by atoms with Gasteiger partial charge < -0.3 is 23.0 Å². The summed E-state index contributed by atoms with van der Waals surface area (Å²) in [6, 6.07) is 11.9. The van der Waals surface area contributed by atoms with Gasteiger partial charge in [-0.2, -0.15) is 0 Å². The number of carbonyl (C=O) groups is 1. The number of aryl methyl sites for hydroxylation is 3. The maximum absolute atomic E-state index is 13.0. The van der Waals surface area contributed by atoms with Crippen LogP contribution in [-0.2, 0) is 0 Å². The van der Waals surface area contributed by atoms with Gasteiger partial charge in [-0.25, -0.2) is 0 Å². The lowest BCUT2D eigenvalue weighted by molar-refractivity contribution is 0.0890. The summed E-state index contributed by atoms with van der Waals surface area (Å²) >= 11 is 0. The Morgan fingerprint density at radius 2 is 1.48 bits per heavy atom. The molecule has 0 saturated heterocycles. The van der Waals surface area contributed by atoms with Crippen LogP contribution in [0.25, 0.3) is 21.9 Å². The zero-order valence-electron chi connectivity index (χ0n) is 19.1. The summed E-state index contributed by atoms with van der Waals surface area (Å²) in [4.78, 5) is 25.3. The lowest BCUT2D eigenvalue weighted by Crippen LogP contribution is -2.11. The molecular formula is C26H24O7. The van der Waals surface area contributed by atoms with E-state index in [4.69, 9.17) is 23.0 Å². The van der Waals surface area contributed by atoms with Crippen molar-refractivity contribution in [1.29, 1.82) is 0 Å². The highest BCUT2D eigenvalue weighted by atomic mass is 16.5. The maximum Gasteiger partial charge on any atom is 0.235 e. The third kappa shape index (κ3) is 4.22. The number of furan rings is 2. The molecule has 0 radical (unpaired) electrons. The average molecular weight is 448 g/mol. The SMILES string of the molecule is COc1cc(-c2cc(OC)c3c(C)oc(C)c3c(=O)c2)ccc1OCC(=O)c1ccc(C)o1. The van der Waals surface area contributed by atoms with Gasteiger partial charge in [0.25, 0.3) is 0 Å². The topological polar surface area (TPSA) is 88.1 Å². The highest BCUT2D eigenvalue weighted by molar-refractivity contribution is 5.95. The molecule has 2 aromatic carbocycles. The van der Waals surface area contributed by atoms with Crippen LogP contribution in [0, 0.1) is 20.8 Å². The summed E-state index contributed by atoms with van der Waals surface area (Å²) < 4.78 is 27.7. The summed E-state index contributed by atoms with van der Waals surface area (Å²) in [5, 5.41) is 1.15. The quantitative estimate of drug-likeness (QED) is 0.357. The Labute approximate surface area is 190 Å². The number of carbonyl (C=O) groups excluding carboxylic acids is 1. The van der Waals surface area contributed by atoms with E-state index in [0.29, 0.717) is 50.9 Å². The minimum absolute atomic E-state index is 0.170. The van der Waals surface area contributed by atoms with Crippen LogP contribution >= 0.6 is 0 Å². The maximum atomic E-state index is 13.0. The molecule has 0 aliphatic heterocycles. The first-order chi connectivity index (χ1) is 15.8. The summed E-state index contributed by atoms with van der Waals surface area (Å²) in [5.41, 5.74) is 1.21. The first-order valence-corrected chi connectivity index (χ1v) is 10.3. The summed E-state index contributed by atoms with van der Waals surface area (Å²) in [7, 11) is 3.07. The lowest BCUT2D eigenvalue weighted by Gasteiger charge is -2.11. The van der Waals surface area contributed by atoms with Crippen LogP contribution in [0.15, 0.2) is 56.1 Å². The second-order valence-corrected chi connectivity index (χ2v) is 7.63. The normalized spacial score (nSPS) is 10.9. The predicted molar refractivity (Wildman–Crippen MR) is 124 cm³/mol. The Bertz CT molecular complexity index is 1410. The predicted octanol–water partition coefficient (Wildman–Crippen LogP) is 5.26. The van der Waals surface area contributed by atoms with Gasteiger partial charge in [-0.3, -0.25) is 9.59 Å². The van der Waals surface area contributed by atoms with E-state index < -0.39 is 0 Å². The van der Waals surface area contributed by atoms with Crippen molar-refractivity contribution in [3.05, 3.63) is 75.7 Å². The fourth-order valence-corrected chi connectivity index (χ4v) is 3.84. The molecule has 0 aliphatic carbocycles. The number of Topliss-reactive ketones (excluding diaryl/α,β-unsaturated/α-hetero) is 1. The van der Waals surface area contributed by atoms with E-state index >= 15 is 0 Å². The molecule has 2 aromatic heterocycles. The number of benzene rings is 1. The van der Waals surface area contributed by atoms with Gasteiger partial charge in [-0.15, -0.1) is 0 Å². The minimum atomic E-state index is -0.278. The summed E-state index contributed by atoms with van der Waals surface area (Å²) in [5.74, 6) is 3.15. The van der Waals surface area contributed by atoms with Crippen molar-refractivity contribution in [2.24, 2.45) is 0 Å². The van der Waals surface area contributed by atoms with Crippen molar-refractivity contribution < 1.29 is 27.8 Å². The first kappa shape index (κ1) is 22.2. The molecule has 170 valence electrons. The van der Waals surface area contributed by atoms with E-state index in [1.165, 1.54) is 7.11 Å². The monoisotopic (exact) mass is 448 g/mol. The van der Waals surface area contributed by atoms with Gasteiger partial charge in [0, 0.05) is 0 Å². The third-order valence-corrected chi connectivity index (χ3v) is 5.42. The molecule has 2 heterocycles. The van der Waals surface area contributed by atoms with Crippen molar-refractivity contribution in [1.82, 2.24) is 0 Å². The van der Waals surface area contributed by atoms with Crippen LogP contribution in [0.1, 0.15) is 27.8 Å². The van der Waals surface area contributed by atoms with Gasteiger partial charge in [0.1, 0.15) is 23.0 Å². The average Bonchev–Trinajstić information content (AvgIpc) is 3.31. The molecule has 0 saturated carbocycles. The molecule has 7 nitrogen and oxygen atoms in total. The Balaban J connectivity index is 1.70. The molecule has 0 spiro atoms. The van der Waals surface area contributed by atoms with E-state index in [9.17, 15) is 9.59 Å². The van der Waals surface area contributed by atoms with Crippen molar-refractivity contribution >= 4 is 16.6 Å². The van der Waals surface area contributed by atoms with Crippen LogP contribution in [0.5, 0.6) is 17.2 Å². The lowest BCUT2D eigenvalue weighted by atomic mass is 10.1. The smallest absolute Gasteiger partial charge is 0.235 e. The molecule has 7 heteroatoms. The van der Waals surface area contributed by atoms with E-state index in [1.54, 1.807) is 70.3 Å². The van der Waals surface area contributed by atoms with Gasteiger partial charge >= 0.3 is 0 Å². The number of ketones is 1. The van der Waals surface area contributed by atoms with E-state index in [1.807, 2.05) is 0 Å². The van der Waals surface area contributed by atoms with E-state index in [-0.39, 0.29) is 23.6 Å². The zero-order chi connectivity index (χ0) is 23.7. The molecule has 4 aromatic rings. The molecule has 0 N–H and O–H groups in total. The number of methoxy groups -OCH3 is 2. The van der Waals surface area contributed by atoms with E-state index in [0.717, 1.165) is 5.56 Å². The highest BCUT2D eigenvalue weighted by Crippen LogP contribution is 2.36. The Hall–Kier alpha value is -4.00. The molecule has 0 bridgehead atoms. The number of hydrogen-bond donors (Lipinski definition) is 0. The van der Waals surface area contributed by atoms with Crippen LogP contribution in [-0.4, -0.2) is 26.6 Å². The summed E-state index contributed by atoms with van der Waals surface area (Å²) in [6.07, 6.45) is 0. The first-order valence-electron chi connectivity index (χ1n) is 10.3. The Morgan fingerprint density at radius 1 is 0.788 bits per heavy atom. The van der Waals surface area contributed by atoms with Crippen LogP contribution in [0.2, 0.25) is 0 Å². The fourth-order valence-electron chi connectivity index (χ4n) is 3.84. The molecule has 4 rings (SSSR count). The van der Waals surface area contributed by atoms with Crippen LogP contribution in [0.4, 0.5) is 0 Å². The second kappa shape index (κ2) is 8.86. The number of rotatable bonds is 7. The van der Waals surface area contributed by atoms with Crippen molar-refractivity contribution in [3.63, 3.8) is 0 Å².